The Hall–Kier alpha value is -0.450. The third kappa shape index (κ3) is 3.76. The van der Waals surface area contributed by atoms with E-state index >= 15 is 0 Å². The van der Waals surface area contributed by atoms with Gasteiger partial charge in [0.1, 0.15) is 5.82 Å². The third-order valence-corrected chi connectivity index (χ3v) is 3.53. The van der Waals surface area contributed by atoms with Gasteiger partial charge in [0.05, 0.1) is 10.6 Å². The van der Waals surface area contributed by atoms with Crippen molar-refractivity contribution in [2.45, 2.75) is 26.0 Å². The van der Waals surface area contributed by atoms with Gasteiger partial charge in [-0.25, -0.2) is 4.39 Å². The summed E-state index contributed by atoms with van der Waals surface area (Å²) in [4.78, 5) is 2.36. The second-order valence-corrected chi connectivity index (χ2v) is 5.37. The average molecular weight is 302 g/mol. The van der Waals surface area contributed by atoms with Gasteiger partial charge in [-0.1, -0.05) is 6.07 Å². The Kier molecular flexibility index (Phi) is 4.54. The van der Waals surface area contributed by atoms with Gasteiger partial charge in [-0.05, 0) is 47.0 Å². The van der Waals surface area contributed by atoms with Crippen LogP contribution in [0.4, 0.5) is 4.39 Å². The summed E-state index contributed by atoms with van der Waals surface area (Å²) in [6, 6.07) is 5.21. The number of ether oxygens (including phenoxy) is 1. The largest absolute Gasteiger partial charge is 0.377 e. The molecule has 0 aliphatic carbocycles. The molecular weight excluding hydrogens is 285 g/mol. The van der Waals surface area contributed by atoms with E-state index in [1.165, 1.54) is 6.07 Å². The highest BCUT2D eigenvalue weighted by molar-refractivity contribution is 9.10. The molecule has 1 unspecified atom stereocenters. The number of hydrogen-bond acceptors (Lipinski definition) is 2. The van der Waals surface area contributed by atoms with Crippen molar-refractivity contribution in [2.75, 3.05) is 19.7 Å². The van der Waals surface area contributed by atoms with Crippen molar-refractivity contribution in [3.05, 3.63) is 34.1 Å². The van der Waals surface area contributed by atoms with Crippen molar-refractivity contribution in [1.82, 2.24) is 4.90 Å². The molecule has 1 aliphatic rings. The molecule has 0 N–H and O–H groups in total. The smallest absolute Gasteiger partial charge is 0.137 e. The third-order valence-electron chi connectivity index (χ3n) is 2.93. The number of rotatable bonds is 2. The van der Waals surface area contributed by atoms with Gasteiger partial charge >= 0.3 is 0 Å². The van der Waals surface area contributed by atoms with Crippen molar-refractivity contribution >= 4 is 15.9 Å². The molecule has 1 heterocycles. The molecule has 1 aromatic carbocycles. The summed E-state index contributed by atoms with van der Waals surface area (Å²) >= 11 is 3.22. The van der Waals surface area contributed by atoms with E-state index in [9.17, 15) is 4.39 Å². The van der Waals surface area contributed by atoms with Crippen LogP contribution in [0.1, 0.15) is 18.9 Å². The topological polar surface area (TPSA) is 12.5 Å². The zero-order valence-electron chi connectivity index (χ0n) is 9.96. The Bertz CT molecular complexity index is 386. The van der Waals surface area contributed by atoms with Gasteiger partial charge in [0.2, 0.25) is 0 Å². The highest BCUT2D eigenvalue weighted by atomic mass is 79.9. The molecule has 0 bridgehead atoms. The molecule has 1 fully saturated rings. The summed E-state index contributed by atoms with van der Waals surface area (Å²) in [5.74, 6) is -0.207. The van der Waals surface area contributed by atoms with Gasteiger partial charge in [-0.15, -0.1) is 0 Å². The van der Waals surface area contributed by atoms with Crippen molar-refractivity contribution in [3.63, 3.8) is 0 Å². The maximum Gasteiger partial charge on any atom is 0.137 e. The first-order valence-corrected chi connectivity index (χ1v) is 6.72. The van der Waals surface area contributed by atoms with E-state index in [0.717, 1.165) is 38.2 Å². The minimum absolute atomic E-state index is 0.207. The lowest BCUT2D eigenvalue weighted by Crippen LogP contribution is -2.29. The molecule has 1 aromatic rings. The molecule has 1 aliphatic heterocycles. The number of nitrogens with zero attached hydrogens (tertiary/aromatic N) is 1. The first-order chi connectivity index (χ1) is 8.15. The van der Waals surface area contributed by atoms with Crippen molar-refractivity contribution < 1.29 is 9.13 Å². The fourth-order valence-electron chi connectivity index (χ4n) is 2.12. The van der Waals surface area contributed by atoms with Gasteiger partial charge in [-0.3, -0.25) is 4.90 Å². The lowest BCUT2D eigenvalue weighted by Gasteiger charge is -2.21. The quantitative estimate of drug-likeness (QED) is 0.832. The van der Waals surface area contributed by atoms with Crippen molar-refractivity contribution in [1.29, 1.82) is 0 Å². The molecule has 2 rings (SSSR count). The molecule has 0 saturated carbocycles. The maximum absolute atomic E-state index is 13.1. The molecule has 1 atom stereocenters. The summed E-state index contributed by atoms with van der Waals surface area (Å²) in [5.41, 5.74) is 1.13. The van der Waals surface area contributed by atoms with Crippen LogP contribution in [-0.2, 0) is 11.3 Å². The van der Waals surface area contributed by atoms with Gasteiger partial charge in [0.15, 0.2) is 0 Å². The maximum atomic E-state index is 13.1. The lowest BCUT2D eigenvalue weighted by atomic mass is 10.2. The van der Waals surface area contributed by atoms with E-state index in [-0.39, 0.29) is 11.9 Å². The standard InChI is InChI=1S/C13H17BrFNO/c1-10-8-16(5-2-6-17-10)9-11-3-4-13(15)12(14)7-11/h3-4,7,10H,2,5-6,8-9H2,1H3. The molecule has 17 heavy (non-hydrogen) atoms. The number of halogens is 2. The molecular formula is C13H17BrFNO. The molecule has 2 nitrogen and oxygen atoms in total. The fourth-order valence-corrected chi connectivity index (χ4v) is 2.55. The fraction of sp³-hybridized carbons (Fsp3) is 0.538. The molecule has 0 radical (unpaired) electrons. The highest BCUT2D eigenvalue weighted by Crippen LogP contribution is 2.18. The van der Waals surface area contributed by atoms with Gasteiger partial charge in [0, 0.05) is 26.2 Å². The summed E-state index contributed by atoms with van der Waals surface area (Å²) in [6.45, 7) is 5.77. The van der Waals surface area contributed by atoms with E-state index in [0.29, 0.717) is 4.47 Å². The number of hydrogen-bond donors (Lipinski definition) is 0. The zero-order valence-corrected chi connectivity index (χ0v) is 11.5. The summed E-state index contributed by atoms with van der Waals surface area (Å²) < 4.78 is 19.3. The molecule has 0 amide bonds. The van der Waals surface area contributed by atoms with E-state index in [2.05, 4.69) is 27.8 Å². The zero-order chi connectivity index (χ0) is 12.3. The van der Waals surface area contributed by atoms with Crippen LogP contribution in [0.3, 0.4) is 0 Å². The van der Waals surface area contributed by atoms with Gasteiger partial charge in [-0.2, -0.15) is 0 Å². The predicted octanol–water partition coefficient (Wildman–Crippen LogP) is 3.20. The summed E-state index contributed by atoms with van der Waals surface area (Å²) in [6.07, 6.45) is 1.34. The Labute approximate surface area is 110 Å². The van der Waals surface area contributed by atoms with E-state index < -0.39 is 0 Å². The van der Waals surface area contributed by atoms with Crippen LogP contribution in [-0.4, -0.2) is 30.7 Å². The lowest BCUT2D eigenvalue weighted by molar-refractivity contribution is 0.0668. The van der Waals surface area contributed by atoms with Crippen LogP contribution in [0, 0.1) is 5.82 Å². The van der Waals surface area contributed by atoms with Gasteiger partial charge < -0.3 is 4.74 Å². The average Bonchev–Trinajstić information content (AvgIpc) is 2.48. The second kappa shape index (κ2) is 5.94. The molecule has 0 aromatic heterocycles. The Morgan fingerprint density at radius 1 is 1.53 bits per heavy atom. The van der Waals surface area contributed by atoms with E-state index in [1.807, 2.05) is 12.1 Å². The Balaban J connectivity index is 2.01. The van der Waals surface area contributed by atoms with Crippen LogP contribution in [0.2, 0.25) is 0 Å². The van der Waals surface area contributed by atoms with E-state index in [4.69, 9.17) is 4.74 Å². The van der Waals surface area contributed by atoms with E-state index in [1.54, 1.807) is 0 Å². The minimum Gasteiger partial charge on any atom is -0.377 e. The van der Waals surface area contributed by atoms with Crippen LogP contribution in [0.25, 0.3) is 0 Å². The normalized spacial score (nSPS) is 22.4. The second-order valence-electron chi connectivity index (χ2n) is 4.52. The monoisotopic (exact) mass is 301 g/mol. The molecule has 94 valence electrons. The SMILES string of the molecule is CC1CN(Cc2ccc(F)c(Br)c2)CCCO1. The predicted molar refractivity (Wildman–Crippen MR) is 69.4 cm³/mol. The van der Waals surface area contributed by atoms with Gasteiger partial charge in [0.25, 0.3) is 0 Å². The van der Waals surface area contributed by atoms with Crippen LogP contribution in [0.15, 0.2) is 22.7 Å². The first kappa shape index (κ1) is 13.0. The molecule has 1 saturated heterocycles. The summed E-state index contributed by atoms with van der Waals surface area (Å²) in [5, 5.41) is 0. The first-order valence-electron chi connectivity index (χ1n) is 5.93. The van der Waals surface area contributed by atoms with Crippen LogP contribution >= 0.6 is 15.9 Å². The van der Waals surface area contributed by atoms with Crippen LogP contribution < -0.4 is 0 Å². The van der Waals surface area contributed by atoms with Crippen LogP contribution in [0.5, 0.6) is 0 Å². The minimum atomic E-state index is -0.207. The Morgan fingerprint density at radius 2 is 2.35 bits per heavy atom. The molecule has 0 spiro atoms. The Morgan fingerprint density at radius 3 is 3.12 bits per heavy atom. The van der Waals surface area contributed by atoms with Crippen molar-refractivity contribution in [3.8, 4) is 0 Å². The number of benzene rings is 1. The van der Waals surface area contributed by atoms with Crippen molar-refractivity contribution in [2.24, 2.45) is 0 Å². The highest BCUT2D eigenvalue weighted by Gasteiger charge is 2.15. The molecule has 4 heteroatoms. The summed E-state index contributed by atoms with van der Waals surface area (Å²) in [7, 11) is 0.